The van der Waals surface area contributed by atoms with Gasteiger partial charge in [0.1, 0.15) is 29.0 Å². The third kappa shape index (κ3) is 5.34. The van der Waals surface area contributed by atoms with Crippen molar-refractivity contribution >= 4 is 33.8 Å². The summed E-state index contributed by atoms with van der Waals surface area (Å²) in [7, 11) is 0.871. The van der Waals surface area contributed by atoms with Gasteiger partial charge in [0.25, 0.3) is 0 Å². The van der Waals surface area contributed by atoms with Crippen LogP contribution in [-0.4, -0.2) is 75.1 Å². The number of ether oxygens (including phenoxy) is 3. The average molecular weight is 567 g/mol. The van der Waals surface area contributed by atoms with E-state index in [1.165, 1.54) is 12.0 Å². The van der Waals surface area contributed by atoms with E-state index in [4.69, 9.17) is 14.2 Å². The van der Waals surface area contributed by atoms with E-state index in [1.807, 2.05) is 24.3 Å². The van der Waals surface area contributed by atoms with Gasteiger partial charge < -0.3 is 19.5 Å². The van der Waals surface area contributed by atoms with E-state index >= 15 is 0 Å². The summed E-state index contributed by atoms with van der Waals surface area (Å²) < 4.78 is 17.1. The summed E-state index contributed by atoms with van der Waals surface area (Å²) in [6, 6.07) is 6.73. The largest absolute Gasteiger partial charge is 0.487 e. The van der Waals surface area contributed by atoms with Crippen LogP contribution in [-0.2, 0) is 25.5 Å². The molecule has 10 nitrogen and oxygen atoms in total. The lowest BCUT2D eigenvalue weighted by atomic mass is 10.1. The van der Waals surface area contributed by atoms with E-state index < -0.39 is 51.7 Å². The Kier molecular flexibility index (Phi) is 7.43. The number of carbonyl (C=O) groups is 3. The van der Waals surface area contributed by atoms with Crippen LogP contribution in [0.4, 0.5) is 4.79 Å². The summed E-state index contributed by atoms with van der Waals surface area (Å²) in [5, 5.41) is 5.96. The Hall–Kier alpha value is -3.73. The van der Waals surface area contributed by atoms with Gasteiger partial charge in [0.2, 0.25) is 5.91 Å². The summed E-state index contributed by atoms with van der Waals surface area (Å²) >= 11 is 0. The molecule has 0 bridgehead atoms. The summed E-state index contributed by atoms with van der Waals surface area (Å²) in [4.78, 5) is 50.8. The second-order valence-electron chi connectivity index (χ2n) is 11.1. The van der Waals surface area contributed by atoms with Crippen LogP contribution in [0.1, 0.15) is 39.3 Å². The molecule has 2 aromatic rings. The first-order valence-electron chi connectivity index (χ1n) is 13.2. The standard InChI is InChI=1S/C29H34N4O6S/c1-6-18-16-29(18,26(35)37-5)32-25(34)21-15-19(17-33(21)27(36)39-28(2,3)4)38-22-10-13-30-20-11-14-40(24(20)22)23-9-7-8-12-31-23/h6-10,12-14,18-19,21H,1,11,15-17H2,2-5H3,(H,32,34)/t18-,19-,21+,29-,40?/m1/s1. The summed E-state index contributed by atoms with van der Waals surface area (Å²) in [6.45, 7) is 9.21. The molecule has 40 heavy (non-hydrogen) atoms. The minimum Gasteiger partial charge on any atom is -0.487 e. The van der Waals surface area contributed by atoms with Crippen molar-refractivity contribution in [3.8, 4) is 5.75 Å². The van der Waals surface area contributed by atoms with E-state index in [0.717, 1.165) is 15.6 Å². The normalized spacial score (nSPS) is 26.8. The van der Waals surface area contributed by atoms with Gasteiger partial charge in [0.05, 0.1) is 29.3 Å². The van der Waals surface area contributed by atoms with Crippen molar-refractivity contribution in [1.29, 1.82) is 0 Å². The summed E-state index contributed by atoms with van der Waals surface area (Å²) in [5.41, 5.74) is -1.01. The van der Waals surface area contributed by atoms with E-state index in [9.17, 15) is 14.4 Å². The van der Waals surface area contributed by atoms with Crippen molar-refractivity contribution in [2.45, 2.75) is 73.2 Å². The molecule has 5 atom stereocenters. The molecule has 0 radical (unpaired) electrons. The Morgan fingerprint density at radius 1 is 1.20 bits per heavy atom. The maximum absolute atomic E-state index is 13.6. The Morgan fingerprint density at radius 3 is 2.65 bits per heavy atom. The van der Waals surface area contributed by atoms with Gasteiger partial charge in [0.15, 0.2) is 0 Å². The molecule has 4 heterocycles. The van der Waals surface area contributed by atoms with Crippen molar-refractivity contribution in [2.75, 3.05) is 13.7 Å². The molecule has 2 aliphatic heterocycles. The van der Waals surface area contributed by atoms with Gasteiger partial charge in [-0.1, -0.05) is 12.1 Å². The molecule has 3 aliphatic rings. The summed E-state index contributed by atoms with van der Waals surface area (Å²) in [5.74, 6) is -0.589. The number of methoxy groups -OCH3 is 1. The SMILES string of the molecule is C=C[C@@H]1C[C@]1(NC(=O)[C@@H]1C[C@@H](Oc2ccnc3c2S(c2ccccn2)=CC3)CN1C(=O)OC(C)(C)C)C(=O)OC. The highest BCUT2D eigenvalue weighted by atomic mass is 32.2. The molecule has 1 saturated heterocycles. The number of likely N-dealkylation sites (tertiary alicyclic amines) is 1. The number of nitrogens with zero attached hydrogens (tertiary/aromatic N) is 3. The first-order valence-corrected chi connectivity index (χ1v) is 14.5. The fourth-order valence-corrected chi connectivity index (χ4v) is 7.17. The van der Waals surface area contributed by atoms with Gasteiger partial charge in [-0.25, -0.2) is 9.59 Å². The minimum atomic E-state index is -1.18. The molecule has 2 amide bonds. The highest BCUT2D eigenvalue weighted by molar-refractivity contribution is 8.15. The molecule has 5 rings (SSSR count). The number of amides is 2. The van der Waals surface area contributed by atoms with E-state index in [0.29, 0.717) is 18.6 Å². The number of carbonyl (C=O) groups excluding carboxylic acids is 3. The van der Waals surface area contributed by atoms with Gasteiger partial charge in [-0.05, 0) is 50.8 Å². The number of hydrogen-bond donors (Lipinski definition) is 1. The van der Waals surface area contributed by atoms with Crippen LogP contribution in [0, 0.1) is 5.92 Å². The number of rotatable bonds is 7. The first-order chi connectivity index (χ1) is 19.1. The van der Waals surface area contributed by atoms with Crippen molar-refractivity contribution in [3.63, 3.8) is 0 Å². The molecule has 0 spiro atoms. The lowest BCUT2D eigenvalue weighted by Gasteiger charge is -2.28. The topological polar surface area (TPSA) is 120 Å². The Balaban J connectivity index is 1.40. The quantitative estimate of drug-likeness (QED) is 0.307. The zero-order valence-electron chi connectivity index (χ0n) is 23.1. The average Bonchev–Trinajstić information content (AvgIpc) is 3.23. The van der Waals surface area contributed by atoms with Gasteiger partial charge in [-0.3, -0.25) is 19.7 Å². The maximum Gasteiger partial charge on any atom is 0.411 e. The minimum absolute atomic E-state index is 0.140. The number of nitrogens with one attached hydrogen (secondary N) is 1. The van der Waals surface area contributed by atoms with Crippen LogP contribution in [0.2, 0.25) is 0 Å². The molecule has 11 heteroatoms. The molecule has 1 N–H and O–H groups in total. The molecule has 1 saturated carbocycles. The van der Waals surface area contributed by atoms with Crippen LogP contribution in [0.25, 0.3) is 0 Å². The van der Waals surface area contributed by atoms with E-state index in [-0.39, 0.29) is 18.9 Å². The molecule has 2 fully saturated rings. The fourth-order valence-electron chi connectivity index (χ4n) is 5.18. The van der Waals surface area contributed by atoms with Crippen LogP contribution in [0.5, 0.6) is 5.75 Å². The molecule has 0 aromatic carbocycles. The van der Waals surface area contributed by atoms with Crippen molar-refractivity contribution in [1.82, 2.24) is 20.2 Å². The third-order valence-electron chi connectivity index (χ3n) is 7.15. The Bertz CT molecular complexity index is 1370. The van der Waals surface area contributed by atoms with Gasteiger partial charge in [0, 0.05) is 31.2 Å². The Morgan fingerprint density at radius 2 is 2.00 bits per heavy atom. The lowest BCUT2D eigenvalue weighted by Crippen LogP contribution is -2.53. The van der Waals surface area contributed by atoms with E-state index in [1.54, 1.807) is 39.2 Å². The fraction of sp³-hybridized carbons (Fsp3) is 0.448. The van der Waals surface area contributed by atoms with Crippen LogP contribution in [0.3, 0.4) is 0 Å². The predicted octanol–water partition coefficient (Wildman–Crippen LogP) is 3.51. The molecule has 1 aliphatic carbocycles. The lowest BCUT2D eigenvalue weighted by molar-refractivity contribution is -0.147. The zero-order chi connectivity index (χ0) is 28.7. The number of fused-ring (bicyclic) bond motifs is 1. The van der Waals surface area contributed by atoms with Gasteiger partial charge >= 0.3 is 12.1 Å². The molecule has 1 unspecified atom stereocenters. The van der Waals surface area contributed by atoms with Crippen LogP contribution in [0.15, 0.2) is 59.2 Å². The van der Waals surface area contributed by atoms with Crippen LogP contribution < -0.4 is 10.1 Å². The highest BCUT2D eigenvalue weighted by Gasteiger charge is 2.62. The molecule has 212 valence electrons. The number of hydrogen-bond acceptors (Lipinski definition) is 8. The van der Waals surface area contributed by atoms with Crippen LogP contribution >= 0.6 is 10.5 Å². The van der Waals surface area contributed by atoms with Gasteiger partial charge in [-0.15, -0.1) is 17.1 Å². The molecule has 2 aromatic heterocycles. The highest BCUT2D eigenvalue weighted by Crippen LogP contribution is 2.47. The van der Waals surface area contributed by atoms with Crippen molar-refractivity contribution in [3.05, 3.63) is 55.0 Å². The van der Waals surface area contributed by atoms with Crippen molar-refractivity contribution in [2.24, 2.45) is 5.92 Å². The predicted molar refractivity (Wildman–Crippen MR) is 149 cm³/mol. The second-order valence-corrected chi connectivity index (χ2v) is 12.9. The molecular formula is C29H34N4O6S. The number of esters is 1. The van der Waals surface area contributed by atoms with Gasteiger partial charge in [-0.2, -0.15) is 0 Å². The second kappa shape index (κ2) is 10.7. The maximum atomic E-state index is 13.6. The third-order valence-corrected chi connectivity index (χ3v) is 9.22. The number of pyridine rings is 2. The van der Waals surface area contributed by atoms with Crippen molar-refractivity contribution < 1.29 is 28.6 Å². The Labute approximate surface area is 236 Å². The number of aromatic nitrogens is 2. The smallest absolute Gasteiger partial charge is 0.411 e. The summed E-state index contributed by atoms with van der Waals surface area (Å²) in [6.07, 6.45) is 5.30. The zero-order valence-corrected chi connectivity index (χ0v) is 23.9. The molecular weight excluding hydrogens is 532 g/mol. The van der Waals surface area contributed by atoms with E-state index in [2.05, 4.69) is 27.2 Å². The first kappa shape index (κ1) is 27.8. The monoisotopic (exact) mass is 566 g/mol.